The molecule has 5 aromatic carbocycles. The molecule has 233 valence electrons. The van der Waals surface area contributed by atoms with E-state index >= 15 is 0 Å². The van der Waals surface area contributed by atoms with Crippen molar-refractivity contribution in [1.29, 1.82) is 0 Å². The third kappa shape index (κ3) is 17.3. The Morgan fingerprint density at radius 3 is 1.85 bits per heavy atom. The predicted octanol–water partition coefficient (Wildman–Crippen LogP) is 9.86. The zero-order chi connectivity index (χ0) is 32.2. The van der Waals surface area contributed by atoms with E-state index < -0.39 is 0 Å². The number of anilines is 1. The Hall–Kier alpha value is -5.87. The molecule has 0 saturated heterocycles. The number of benzene rings is 5. The van der Waals surface area contributed by atoms with Crippen LogP contribution in [0.15, 0.2) is 162 Å². The predicted molar refractivity (Wildman–Crippen MR) is 191 cm³/mol. The summed E-state index contributed by atoms with van der Waals surface area (Å²) in [6, 6.07) is 45.1. The molecule has 0 aliphatic carbocycles. The van der Waals surface area contributed by atoms with Crippen LogP contribution in [0.2, 0.25) is 0 Å². The Morgan fingerprint density at radius 1 is 0.739 bits per heavy atom. The van der Waals surface area contributed by atoms with E-state index in [0.29, 0.717) is 5.69 Å². The molecule has 0 spiro atoms. The zero-order valence-electron chi connectivity index (χ0n) is 24.9. The van der Waals surface area contributed by atoms with E-state index in [1.807, 2.05) is 109 Å². The molecular weight excluding hydrogens is 747 g/mol. The summed E-state index contributed by atoms with van der Waals surface area (Å²) in [5.74, 6) is 0. The van der Waals surface area contributed by atoms with Crippen molar-refractivity contribution in [3.8, 4) is 0 Å². The first-order valence-electron chi connectivity index (χ1n) is 13.6. The number of rotatable bonds is 7. The van der Waals surface area contributed by atoms with Crippen LogP contribution in [0.25, 0.3) is 26.8 Å². The molecule has 46 heavy (non-hydrogen) atoms. The molecular formula is C38H32IrN7-5. The molecule has 0 saturated carbocycles. The molecule has 0 amide bonds. The Bertz CT molecular complexity index is 1650. The van der Waals surface area contributed by atoms with Crippen molar-refractivity contribution < 1.29 is 20.1 Å². The molecule has 8 heteroatoms. The molecule has 0 aliphatic heterocycles. The van der Waals surface area contributed by atoms with Crippen LogP contribution in [0, 0.1) is 24.8 Å². The van der Waals surface area contributed by atoms with Crippen molar-refractivity contribution in [3.63, 3.8) is 0 Å². The number of hydrogen-bond acceptors (Lipinski definition) is 4. The molecule has 0 heterocycles. The topological polar surface area (TPSA) is 113 Å². The van der Waals surface area contributed by atoms with Crippen molar-refractivity contribution in [2.45, 2.75) is 0 Å². The van der Waals surface area contributed by atoms with Gasteiger partial charge in [-0.3, -0.25) is 9.98 Å². The average Bonchev–Trinajstić information content (AvgIpc) is 3.11. The summed E-state index contributed by atoms with van der Waals surface area (Å²) >= 11 is 0. The first-order valence-corrected chi connectivity index (χ1v) is 13.6. The molecule has 0 fully saturated rings. The van der Waals surface area contributed by atoms with E-state index in [1.165, 1.54) is 23.9 Å². The molecule has 0 aliphatic rings. The van der Waals surface area contributed by atoms with E-state index in [4.69, 9.17) is 23.4 Å². The van der Waals surface area contributed by atoms with Gasteiger partial charge < -0.3 is 22.2 Å². The Labute approximate surface area is 285 Å². The minimum absolute atomic E-state index is 0. The molecule has 0 unspecified atom stereocenters. The third-order valence-electron chi connectivity index (χ3n) is 5.18. The van der Waals surface area contributed by atoms with Crippen LogP contribution in [-0.4, -0.2) is 18.6 Å². The third-order valence-corrected chi connectivity index (χ3v) is 5.18. The number of nitrogens with one attached hydrogen (secondary N) is 2. The van der Waals surface area contributed by atoms with E-state index in [-0.39, 0.29) is 20.1 Å². The van der Waals surface area contributed by atoms with Gasteiger partial charge in [-0.05, 0) is 46.7 Å². The van der Waals surface area contributed by atoms with Crippen LogP contribution >= 0.6 is 0 Å². The number of nitrogens with zero attached hydrogens (tertiary/aromatic N) is 4. The molecule has 0 aromatic heterocycles. The summed E-state index contributed by atoms with van der Waals surface area (Å²) in [5.41, 5.74) is 15.0. The van der Waals surface area contributed by atoms with Crippen LogP contribution in [0.4, 0.5) is 22.7 Å². The van der Waals surface area contributed by atoms with Crippen LogP contribution < -0.4 is 11.1 Å². The Kier molecular flexibility index (Phi) is 21.2. The smallest absolute Gasteiger partial charge is 0.187 e. The summed E-state index contributed by atoms with van der Waals surface area (Å²) in [5, 5.41) is 13.5. The van der Waals surface area contributed by atoms with Gasteiger partial charge >= 0.3 is 0 Å². The van der Waals surface area contributed by atoms with Gasteiger partial charge in [0.25, 0.3) is 0 Å². The molecule has 0 bridgehead atoms. The van der Waals surface area contributed by atoms with Crippen molar-refractivity contribution in [2.75, 3.05) is 5.32 Å². The largest absolute Gasteiger partial charge is 0.811 e. The maximum atomic E-state index is 8.28. The minimum Gasteiger partial charge on any atom is -0.811 e. The SMILES string of the molecule is N/C=C\C=Nc1[c-]cccc1.[C-]#[N+]c1ccc2ccccc2c1.[Ir].[N-]=C/C=C\Nc1[c-]cccc1.[NH-]/C=C\C=Nc1[c-]cccc1. The Morgan fingerprint density at radius 2 is 1.33 bits per heavy atom. The molecule has 5 rings (SSSR count). The Balaban J connectivity index is 0.000000305. The fourth-order valence-electron chi connectivity index (χ4n) is 3.18. The average molecular weight is 779 g/mol. The van der Waals surface area contributed by atoms with Gasteiger partial charge in [0.1, 0.15) is 0 Å². The minimum atomic E-state index is 0. The van der Waals surface area contributed by atoms with Gasteiger partial charge in [0, 0.05) is 32.5 Å². The van der Waals surface area contributed by atoms with Crippen LogP contribution in [0.5, 0.6) is 0 Å². The normalized spacial score (nSPS) is 10.2. The summed E-state index contributed by atoms with van der Waals surface area (Å²) in [7, 11) is 0. The zero-order valence-corrected chi connectivity index (χ0v) is 27.3. The van der Waals surface area contributed by atoms with Crippen molar-refractivity contribution in [3.05, 3.63) is 193 Å². The first kappa shape index (κ1) is 38.2. The maximum Gasteiger partial charge on any atom is 0.187 e. The van der Waals surface area contributed by atoms with Gasteiger partial charge in [-0.25, -0.2) is 4.85 Å². The summed E-state index contributed by atoms with van der Waals surface area (Å²) in [6.45, 7) is 6.84. The number of allylic oxidation sites excluding steroid dienone is 3. The second-order valence-corrected chi connectivity index (χ2v) is 8.37. The van der Waals surface area contributed by atoms with Crippen molar-refractivity contribution >= 4 is 52.2 Å². The second-order valence-electron chi connectivity index (χ2n) is 8.37. The fraction of sp³-hybridized carbons (Fsp3) is 0. The fourth-order valence-corrected chi connectivity index (χ4v) is 3.18. The van der Waals surface area contributed by atoms with Gasteiger partial charge in [-0.2, -0.15) is 85.2 Å². The van der Waals surface area contributed by atoms with Crippen LogP contribution in [0.3, 0.4) is 0 Å². The first-order chi connectivity index (χ1) is 22.2. The van der Waals surface area contributed by atoms with Gasteiger partial charge in [0.15, 0.2) is 5.69 Å². The van der Waals surface area contributed by atoms with Gasteiger partial charge in [-0.15, -0.1) is 18.2 Å². The number of fused-ring (bicyclic) bond motifs is 1. The van der Waals surface area contributed by atoms with E-state index in [2.05, 4.69) is 38.3 Å². The summed E-state index contributed by atoms with van der Waals surface area (Å²) in [4.78, 5) is 11.4. The molecule has 5 aromatic rings. The number of hydrogen-bond donors (Lipinski definition) is 2. The van der Waals surface area contributed by atoms with Crippen molar-refractivity contribution in [1.82, 2.24) is 0 Å². The number of para-hydroxylation sites is 3. The maximum absolute atomic E-state index is 8.28. The number of nitrogens with two attached hydrogens (primary N) is 1. The molecule has 1 radical (unpaired) electrons. The number of aliphatic imine (C=N–C) groups is 2. The second kappa shape index (κ2) is 25.6. The summed E-state index contributed by atoms with van der Waals surface area (Å²) < 4.78 is 0. The molecule has 4 N–H and O–H groups in total. The quantitative estimate of drug-likeness (QED) is 0.127. The molecule has 7 nitrogen and oxygen atoms in total. The summed E-state index contributed by atoms with van der Waals surface area (Å²) in [6.07, 6.45) is 13.1. The molecule has 0 atom stereocenters. The van der Waals surface area contributed by atoms with Crippen LogP contribution in [-0.2, 0) is 20.1 Å². The monoisotopic (exact) mass is 779 g/mol. The van der Waals surface area contributed by atoms with Crippen molar-refractivity contribution in [2.24, 2.45) is 15.7 Å². The van der Waals surface area contributed by atoms with E-state index in [0.717, 1.165) is 28.7 Å². The van der Waals surface area contributed by atoms with E-state index in [9.17, 15) is 0 Å². The standard InChI is InChI=1S/C11H7N.C9H9N2.2C9H8N2.Ir/c1-12-11-7-6-9-4-2-3-5-10(9)8-11;3*10-7-4-8-11-9-5-2-1-3-6-9;/h2-8H;1-5,7-8H,10H2;1-5,7-8,11H;1-5,7-8,10H;/q;-1;2*-2;/b;7-4-,11-8?;8-4-;7-4-,11-8?;. The van der Waals surface area contributed by atoms with E-state index in [1.54, 1.807) is 36.8 Å². The van der Waals surface area contributed by atoms with Gasteiger partial charge in [0.05, 0.1) is 6.57 Å². The van der Waals surface area contributed by atoms with Crippen LogP contribution in [0.1, 0.15) is 0 Å². The van der Waals surface area contributed by atoms with Gasteiger partial charge in [-0.1, -0.05) is 54.2 Å². The van der Waals surface area contributed by atoms with Gasteiger partial charge in [0.2, 0.25) is 0 Å².